The van der Waals surface area contributed by atoms with Gasteiger partial charge in [-0.3, -0.25) is 9.58 Å². The summed E-state index contributed by atoms with van der Waals surface area (Å²) >= 11 is 3.37. The minimum atomic E-state index is 0.821. The van der Waals surface area contributed by atoms with E-state index in [1.165, 1.54) is 5.56 Å². The predicted octanol–water partition coefficient (Wildman–Crippen LogP) is 1.68. The summed E-state index contributed by atoms with van der Waals surface area (Å²) in [6.45, 7) is 5.05. The quantitative estimate of drug-likeness (QED) is 0.842. The van der Waals surface area contributed by atoms with E-state index in [9.17, 15) is 0 Å². The number of aryl methyl sites for hydroxylation is 1. The first-order valence-corrected chi connectivity index (χ1v) is 7.92. The van der Waals surface area contributed by atoms with E-state index in [1.54, 1.807) is 12.4 Å². The zero-order chi connectivity index (χ0) is 14.7. The van der Waals surface area contributed by atoms with E-state index in [4.69, 9.17) is 0 Å². The molecule has 3 rings (SSSR count). The topological polar surface area (TPSA) is 50.1 Å². The van der Waals surface area contributed by atoms with Crippen LogP contribution in [-0.4, -0.2) is 50.8 Å². The van der Waals surface area contributed by atoms with E-state index < -0.39 is 0 Å². The van der Waals surface area contributed by atoms with E-state index >= 15 is 0 Å². The maximum atomic E-state index is 4.39. The Kier molecular flexibility index (Phi) is 4.50. The minimum absolute atomic E-state index is 0.821. The molecule has 21 heavy (non-hydrogen) atoms. The summed E-state index contributed by atoms with van der Waals surface area (Å²) in [5.41, 5.74) is 1.27. The van der Waals surface area contributed by atoms with E-state index in [0.717, 1.165) is 49.6 Å². The lowest BCUT2D eigenvalue weighted by Gasteiger charge is -2.21. The van der Waals surface area contributed by atoms with Crippen molar-refractivity contribution in [3.63, 3.8) is 0 Å². The van der Waals surface area contributed by atoms with Gasteiger partial charge in [-0.2, -0.15) is 5.10 Å². The van der Waals surface area contributed by atoms with Crippen molar-refractivity contribution in [2.45, 2.75) is 13.0 Å². The molecule has 0 radical (unpaired) electrons. The van der Waals surface area contributed by atoms with Gasteiger partial charge in [0.25, 0.3) is 0 Å². The van der Waals surface area contributed by atoms with Gasteiger partial charge in [-0.1, -0.05) is 0 Å². The van der Waals surface area contributed by atoms with E-state index in [0.29, 0.717) is 0 Å². The number of rotatable bonds is 3. The van der Waals surface area contributed by atoms with Crippen LogP contribution in [0.3, 0.4) is 0 Å². The first-order chi connectivity index (χ1) is 10.2. The Morgan fingerprint density at radius 2 is 1.90 bits per heavy atom. The molecule has 7 heteroatoms. The van der Waals surface area contributed by atoms with E-state index in [2.05, 4.69) is 47.0 Å². The van der Waals surface area contributed by atoms with Crippen molar-refractivity contribution in [3.8, 4) is 0 Å². The third-order valence-corrected chi connectivity index (χ3v) is 4.05. The molecule has 0 bridgehead atoms. The summed E-state index contributed by atoms with van der Waals surface area (Å²) in [7, 11) is 1.96. The molecule has 3 heterocycles. The molecule has 6 nitrogen and oxygen atoms in total. The molecule has 0 saturated carbocycles. The van der Waals surface area contributed by atoms with Gasteiger partial charge in [-0.15, -0.1) is 0 Å². The monoisotopic (exact) mass is 350 g/mol. The van der Waals surface area contributed by atoms with Gasteiger partial charge in [-0.05, 0) is 22.4 Å². The molecule has 0 aromatic carbocycles. The molecule has 2 aromatic heterocycles. The predicted molar refractivity (Wildman–Crippen MR) is 85.0 cm³/mol. The second kappa shape index (κ2) is 6.53. The summed E-state index contributed by atoms with van der Waals surface area (Å²) < 4.78 is 2.77. The average Bonchev–Trinajstić information content (AvgIpc) is 2.74. The second-order valence-corrected chi connectivity index (χ2v) is 6.26. The zero-order valence-electron chi connectivity index (χ0n) is 12.1. The lowest BCUT2D eigenvalue weighted by atomic mass is 10.3. The number of aromatic nitrogens is 4. The molecule has 112 valence electrons. The second-order valence-electron chi connectivity index (χ2n) is 5.34. The van der Waals surface area contributed by atoms with Crippen molar-refractivity contribution in [3.05, 3.63) is 34.8 Å². The van der Waals surface area contributed by atoms with Crippen LogP contribution in [-0.2, 0) is 13.6 Å². The average molecular weight is 351 g/mol. The molecule has 0 spiro atoms. The van der Waals surface area contributed by atoms with Crippen LogP contribution in [0.4, 0.5) is 5.95 Å². The van der Waals surface area contributed by atoms with Gasteiger partial charge in [0.15, 0.2) is 0 Å². The molecule has 1 fully saturated rings. The van der Waals surface area contributed by atoms with Crippen molar-refractivity contribution in [2.24, 2.45) is 7.05 Å². The third-order valence-electron chi connectivity index (χ3n) is 3.64. The maximum Gasteiger partial charge on any atom is 0.225 e. The molecule has 0 unspecified atom stereocenters. The summed E-state index contributed by atoms with van der Waals surface area (Å²) in [6, 6.07) is 0. The highest BCUT2D eigenvalue weighted by molar-refractivity contribution is 9.10. The highest BCUT2D eigenvalue weighted by Gasteiger charge is 2.17. The number of hydrogen-bond acceptors (Lipinski definition) is 5. The molecular weight excluding hydrogens is 332 g/mol. The molecule has 1 saturated heterocycles. The molecular formula is C14H19BrN6. The number of halogens is 1. The van der Waals surface area contributed by atoms with Gasteiger partial charge in [0.2, 0.25) is 5.95 Å². The number of anilines is 1. The van der Waals surface area contributed by atoms with Crippen LogP contribution in [0, 0.1) is 0 Å². The highest BCUT2D eigenvalue weighted by Crippen LogP contribution is 2.14. The maximum absolute atomic E-state index is 4.39. The zero-order valence-corrected chi connectivity index (χ0v) is 13.7. The Morgan fingerprint density at radius 3 is 2.62 bits per heavy atom. The van der Waals surface area contributed by atoms with Crippen molar-refractivity contribution >= 4 is 21.9 Å². The van der Waals surface area contributed by atoms with Crippen LogP contribution in [0.25, 0.3) is 0 Å². The summed E-state index contributed by atoms with van der Waals surface area (Å²) in [6.07, 6.45) is 8.77. The van der Waals surface area contributed by atoms with Gasteiger partial charge < -0.3 is 4.90 Å². The molecule has 0 amide bonds. The Bertz CT molecular complexity index is 581. The van der Waals surface area contributed by atoms with E-state index in [-0.39, 0.29) is 0 Å². The molecule has 1 aliphatic heterocycles. The summed E-state index contributed by atoms with van der Waals surface area (Å²) in [4.78, 5) is 13.5. The van der Waals surface area contributed by atoms with Crippen molar-refractivity contribution < 1.29 is 0 Å². The lowest BCUT2D eigenvalue weighted by Crippen LogP contribution is -2.31. The Labute approximate surface area is 132 Å². The number of hydrogen-bond donors (Lipinski definition) is 0. The fourth-order valence-corrected chi connectivity index (χ4v) is 2.81. The standard InChI is InChI=1S/C14H19BrN6/c1-19-10-12(7-18-19)11-20-3-2-4-21(6-5-20)14-16-8-13(15)9-17-14/h7-10H,2-6,11H2,1H3. The van der Waals surface area contributed by atoms with Gasteiger partial charge in [-0.25, -0.2) is 9.97 Å². The Hall–Kier alpha value is -1.47. The third kappa shape index (κ3) is 3.79. The fourth-order valence-electron chi connectivity index (χ4n) is 2.61. The van der Waals surface area contributed by atoms with Gasteiger partial charge in [0.1, 0.15) is 0 Å². The molecule has 0 aliphatic carbocycles. The first kappa shape index (κ1) is 14.5. The highest BCUT2D eigenvalue weighted by atomic mass is 79.9. The minimum Gasteiger partial charge on any atom is -0.339 e. The summed E-state index contributed by atoms with van der Waals surface area (Å²) in [5, 5.41) is 4.23. The molecule has 2 aromatic rings. The normalized spacial score (nSPS) is 17.0. The number of nitrogens with zero attached hydrogens (tertiary/aromatic N) is 6. The Balaban J connectivity index is 1.60. The van der Waals surface area contributed by atoms with Crippen molar-refractivity contribution in [2.75, 3.05) is 31.1 Å². The van der Waals surface area contributed by atoms with Crippen LogP contribution in [0.1, 0.15) is 12.0 Å². The van der Waals surface area contributed by atoms with Crippen molar-refractivity contribution in [1.82, 2.24) is 24.6 Å². The smallest absolute Gasteiger partial charge is 0.225 e. The van der Waals surface area contributed by atoms with Crippen LogP contribution in [0.15, 0.2) is 29.3 Å². The molecule has 0 N–H and O–H groups in total. The van der Waals surface area contributed by atoms with Gasteiger partial charge in [0, 0.05) is 63.9 Å². The molecule has 1 aliphatic rings. The van der Waals surface area contributed by atoms with E-state index in [1.807, 2.05) is 17.9 Å². The molecule has 0 atom stereocenters. The van der Waals surface area contributed by atoms with Crippen molar-refractivity contribution in [1.29, 1.82) is 0 Å². The van der Waals surface area contributed by atoms with Crippen LogP contribution < -0.4 is 4.90 Å². The van der Waals surface area contributed by atoms with Crippen LogP contribution >= 0.6 is 15.9 Å². The first-order valence-electron chi connectivity index (χ1n) is 7.13. The lowest BCUT2D eigenvalue weighted by molar-refractivity contribution is 0.285. The fraction of sp³-hybridized carbons (Fsp3) is 0.500. The van der Waals surface area contributed by atoms with Gasteiger partial charge in [0.05, 0.1) is 10.7 Å². The SMILES string of the molecule is Cn1cc(CN2CCCN(c3ncc(Br)cn3)CC2)cn1. The van der Waals surface area contributed by atoms with Crippen LogP contribution in [0.5, 0.6) is 0 Å². The summed E-state index contributed by atoms with van der Waals surface area (Å²) in [5.74, 6) is 0.821. The van der Waals surface area contributed by atoms with Gasteiger partial charge >= 0.3 is 0 Å². The van der Waals surface area contributed by atoms with Crippen LogP contribution in [0.2, 0.25) is 0 Å². The largest absolute Gasteiger partial charge is 0.339 e. The Morgan fingerprint density at radius 1 is 1.10 bits per heavy atom.